The number of hydrogen-bond donors (Lipinski definition) is 0. The summed E-state index contributed by atoms with van der Waals surface area (Å²) in [6.45, 7) is -0.212. The highest BCUT2D eigenvalue weighted by atomic mass is 32.2. The van der Waals surface area contributed by atoms with E-state index < -0.39 is 0 Å². The lowest BCUT2D eigenvalue weighted by molar-refractivity contribution is -0.462. The number of para-hydroxylation sites is 1. The van der Waals surface area contributed by atoms with Gasteiger partial charge in [0, 0.05) is 4.92 Å². The van der Waals surface area contributed by atoms with Crippen molar-refractivity contribution in [2.45, 2.75) is 0 Å². The van der Waals surface area contributed by atoms with Gasteiger partial charge >= 0.3 is 0 Å². The van der Waals surface area contributed by atoms with Gasteiger partial charge in [0.1, 0.15) is 5.04 Å². The molecule has 0 fully saturated rings. The summed E-state index contributed by atoms with van der Waals surface area (Å²) in [6, 6.07) is 9.21. The van der Waals surface area contributed by atoms with Gasteiger partial charge in [-0.25, -0.2) is 4.99 Å². The highest BCUT2D eigenvalue weighted by Gasteiger charge is 2.05. The lowest BCUT2D eigenvalue weighted by atomic mass is 10.3. The SMILES string of the molecule is CSC(C[N+](=O)[O-])=Nc1ccccc1. The second-order valence-corrected chi connectivity index (χ2v) is 3.42. The molecule has 1 rings (SSSR count). The van der Waals surface area contributed by atoms with Gasteiger partial charge in [-0.05, 0) is 18.4 Å². The zero-order valence-electron chi connectivity index (χ0n) is 7.71. The Balaban J connectivity index is 2.78. The monoisotopic (exact) mass is 210 g/mol. The zero-order chi connectivity index (χ0) is 10.4. The van der Waals surface area contributed by atoms with E-state index in [9.17, 15) is 10.1 Å². The number of hydrogen-bond acceptors (Lipinski definition) is 4. The van der Waals surface area contributed by atoms with Crippen molar-refractivity contribution < 1.29 is 4.92 Å². The highest BCUT2D eigenvalue weighted by molar-refractivity contribution is 8.13. The largest absolute Gasteiger partial charge is 0.264 e. The van der Waals surface area contributed by atoms with E-state index in [1.807, 2.05) is 30.3 Å². The summed E-state index contributed by atoms with van der Waals surface area (Å²) in [5.74, 6) is 0. The predicted molar refractivity (Wildman–Crippen MR) is 58.9 cm³/mol. The Kier molecular flexibility index (Phi) is 4.12. The van der Waals surface area contributed by atoms with Crippen LogP contribution < -0.4 is 0 Å². The van der Waals surface area contributed by atoms with E-state index in [4.69, 9.17) is 0 Å². The number of rotatable bonds is 3. The normalized spacial score (nSPS) is 11.4. The van der Waals surface area contributed by atoms with E-state index in [0.717, 1.165) is 5.69 Å². The van der Waals surface area contributed by atoms with Crippen molar-refractivity contribution in [1.82, 2.24) is 0 Å². The molecule has 0 heterocycles. The number of nitrogens with zero attached hydrogens (tertiary/aromatic N) is 2. The van der Waals surface area contributed by atoms with Crippen LogP contribution in [0.5, 0.6) is 0 Å². The fourth-order valence-corrected chi connectivity index (χ4v) is 1.33. The molecule has 4 nitrogen and oxygen atoms in total. The lowest BCUT2D eigenvalue weighted by Gasteiger charge is -1.97. The maximum atomic E-state index is 10.3. The van der Waals surface area contributed by atoms with Gasteiger partial charge in [0.15, 0.2) is 0 Å². The summed E-state index contributed by atoms with van der Waals surface area (Å²) in [7, 11) is 0. The Morgan fingerprint density at radius 2 is 2.14 bits per heavy atom. The third-order valence-electron chi connectivity index (χ3n) is 1.51. The van der Waals surface area contributed by atoms with E-state index in [1.54, 1.807) is 6.26 Å². The average molecular weight is 210 g/mol. The maximum Gasteiger partial charge on any atom is 0.251 e. The number of benzene rings is 1. The van der Waals surface area contributed by atoms with Crippen LogP contribution in [0.2, 0.25) is 0 Å². The van der Waals surface area contributed by atoms with Gasteiger partial charge in [-0.1, -0.05) is 18.2 Å². The van der Waals surface area contributed by atoms with Crippen molar-refractivity contribution in [3.8, 4) is 0 Å². The zero-order valence-corrected chi connectivity index (χ0v) is 8.53. The van der Waals surface area contributed by atoms with E-state index in [2.05, 4.69) is 4.99 Å². The Hall–Kier alpha value is -1.36. The molecular formula is C9H10N2O2S. The molecule has 0 aromatic heterocycles. The fourth-order valence-electron chi connectivity index (χ4n) is 0.903. The van der Waals surface area contributed by atoms with Crippen LogP contribution in [0.3, 0.4) is 0 Å². The Morgan fingerprint density at radius 1 is 1.50 bits per heavy atom. The third kappa shape index (κ3) is 3.57. The minimum Gasteiger partial charge on any atom is -0.264 e. The van der Waals surface area contributed by atoms with Gasteiger partial charge in [-0.2, -0.15) is 0 Å². The molecule has 14 heavy (non-hydrogen) atoms. The molecule has 1 aromatic carbocycles. The quantitative estimate of drug-likeness (QED) is 0.333. The van der Waals surface area contributed by atoms with Crippen molar-refractivity contribution >= 4 is 22.5 Å². The number of aliphatic imine (C=N–C) groups is 1. The lowest BCUT2D eigenvalue weighted by Crippen LogP contribution is -2.09. The van der Waals surface area contributed by atoms with Crippen molar-refractivity contribution in [2.75, 3.05) is 12.8 Å². The Bertz CT molecular complexity index is 338. The molecule has 0 amide bonds. The molecule has 0 unspecified atom stereocenters. The number of nitro groups is 1. The van der Waals surface area contributed by atoms with Crippen molar-refractivity contribution in [3.05, 3.63) is 40.4 Å². The summed E-state index contributed by atoms with van der Waals surface area (Å²) in [6.07, 6.45) is 1.78. The first-order valence-corrected chi connectivity index (χ1v) is 5.23. The maximum absolute atomic E-state index is 10.3. The van der Waals surface area contributed by atoms with Crippen LogP contribution in [0.15, 0.2) is 35.3 Å². The highest BCUT2D eigenvalue weighted by Crippen LogP contribution is 2.13. The van der Waals surface area contributed by atoms with Crippen molar-refractivity contribution in [3.63, 3.8) is 0 Å². The van der Waals surface area contributed by atoms with Gasteiger partial charge in [0.05, 0.1) is 5.69 Å². The summed E-state index contributed by atoms with van der Waals surface area (Å²) < 4.78 is 0. The van der Waals surface area contributed by atoms with E-state index >= 15 is 0 Å². The summed E-state index contributed by atoms with van der Waals surface area (Å²) in [4.78, 5) is 14.0. The third-order valence-corrected chi connectivity index (χ3v) is 2.20. The first kappa shape index (κ1) is 10.7. The van der Waals surface area contributed by atoms with E-state index in [0.29, 0.717) is 5.04 Å². The molecule has 0 aliphatic heterocycles. The molecule has 5 heteroatoms. The van der Waals surface area contributed by atoms with E-state index in [1.165, 1.54) is 11.8 Å². The topological polar surface area (TPSA) is 55.5 Å². The molecule has 0 atom stereocenters. The van der Waals surface area contributed by atoms with Crippen molar-refractivity contribution in [2.24, 2.45) is 4.99 Å². The molecule has 0 saturated carbocycles. The molecule has 0 N–H and O–H groups in total. The average Bonchev–Trinajstić information content (AvgIpc) is 2.17. The molecule has 0 bridgehead atoms. The van der Waals surface area contributed by atoms with Gasteiger partial charge in [0.2, 0.25) is 0 Å². The molecule has 0 saturated heterocycles. The molecule has 0 aliphatic carbocycles. The summed E-state index contributed by atoms with van der Waals surface area (Å²) in [5, 5.41) is 10.8. The Labute approximate surface area is 86.2 Å². The second kappa shape index (κ2) is 5.39. The van der Waals surface area contributed by atoms with Crippen LogP contribution in [0.25, 0.3) is 0 Å². The van der Waals surface area contributed by atoms with Crippen LogP contribution in [0, 0.1) is 10.1 Å². The smallest absolute Gasteiger partial charge is 0.251 e. The molecule has 0 spiro atoms. The molecule has 1 aromatic rings. The fraction of sp³-hybridized carbons (Fsp3) is 0.222. The first-order valence-electron chi connectivity index (χ1n) is 4.01. The van der Waals surface area contributed by atoms with Gasteiger partial charge in [-0.3, -0.25) is 10.1 Å². The van der Waals surface area contributed by atoms with Crippen LogP contribution in [0.4, 0.5) is 5.69 Å². The molecule has 0 aliphatic rings. The van der Waals surface area contributed by atoms with E-state index in [-0.39, 0.29) is 11.5 Å². The van der Waals surface area contributed by atoms with Crippen LogP contribution in [0.1, 0.15) is 0 Å². The second-order valence-electron chi connectivity index (χ2n) is 2.54. The molecular weight excluding hydrogens is 200 g/mol. The Morgan fingerprint density at radius 3 is 2.64 bits per heavy atom. The van der Waals surface area contributed by atoms with Gasteiger partial charge < -0.3 is 0 Å². The van der Waals surface area contributed by atoms with Crippen LogP contribution in [-0.2, 0) is 0 Å². The molecule has 0 radical (unpaired) electrons. The van der Waals surface area contributed by atoms with Gasteiger partial charge in [0.25, 0.3) is 6.54 Å². The van der Waals surface area contributed by atoms with Crippen molar-refractivity contribution in [1.29, 1.82) is 0 Å². The molecule has 74 valence electrons. The standard InChI is InChI=1S/C9H10N2O2S/c1-14-9(7-11(12)13)10-8-5-3-2-4-6-8/h2-6H,7H2,1H3. The van der Waals surface area contributed by atoms with Crippen LogP contribution >= 0.6 is 11.8 Å². The summed E-state index contributed by atoms with van der Waals surface area (Å²) >= 11 is 1.30. The minimum absolute atomic E-state index is 0.212. The van der Waals surface area contributed by atoms with Gasteiger partial charge in [-0.15, -0.1) is 11.8 Å². The minimum atomic E-state index is -0.377. The first-order chi connectivity index (χ1) is 6.72. The number of thioether (sulfide) groups is 1. The van der Waals surface area contributed by atoms with Crippen LogP contribution in [-0.4, -0.2) is 22.8 Å². The summed E-state index contributed by atoms with van der Waals surface area (Å²) in [5.41, 5.74) is 0.749. The predicted octanol–water partition coefficient (Wildman–Crippen LogP) is 2.36.